The van der Waals surface area contributed by atoms with Crippen LogP contribution in [0.4, 0.5) is 0 Å². The number of carbonyl (C=O) groups excluding carboxylic acids is 2. The highest BCUT2D eigenvalue weighted by Gasteiger charge is 2.43. The largest absolute Gasteiger partial charge is 0.349 e. The Morgan fingerprint density at radius 2 is 1.58 bits per heavy atom. The molecule has 3 heterocycles. The molecule has 1 N–H and O–H groups in total. The van der Waals surface area contributed by atoms with E-state index in [4.69, 9.17) is 0 Å². The molecule has 1 aromatic carbocycles. The number of likely N-dealkylation sites (tertiary alicyclic amines) is 2. The Morgan fingerprint density at radius 1 is 0.972 bits per heavy atom. The Kier molecular flexibility index (Phi) is 7.37. The number of benzene rings is 1. The first-order valence-electron chi connectivity index (χ1n) is 13.6. The third kappa shape index (κ3) is 5.17. The van der Waals surface area contributed by atoms with E-state index in [1.54, 1.807) is 0 Å². The van der Waals surface area contributed by atoms with Crippen LogP contribution in [0, 0.1) is 31.6 Å². The molecule has 0 radical (unpaired) electrons. The van der Waals surface area contributed by atoms with Gasteiger partial charge in [-0.1, -0.05) is 43.2 Å². The standard InChI is InChI=1S/C29H39N5O2/c1-19(13-26(22-9-5-4-6-10-22)32-28(35)23-11-7-8-12-23)33-14-24-16-34(17-25(24)15-33)29(36)27-20(2)30-18-31-21(27)3/h4-6,9-10,18-19,23-26H,7-8,11-17H2,1-3H3,(H,32,35)/t19-,24?,25?,26?/m0/s1. The van der Waals surface area contributed by atoms with Gasteiger partial charge in [-0.05, 0) is 57.4 Å². The maximum atomic E-state index is 13.2. The van der Waals surface area contributed by atoms with Crippen molar-refractivity contribution in [1.29, 1.82) is 0 Å². The highest BCUT2D eigenvalue weighted by Crippen LogP contribution is 2.35. The number of rotatable bonds is 7. The monoisotopic (exact) mass is 489 g/mol. The van der Waals surface area contributed by atoms with Crippen LogP contribution in [0.1, 0.15) is 72.4 Å². The van der Waals surface area contributed by atoms with Gasteiger partial charge in [0.1, 0.15) is 6.33 Å². The van der Waals surface area contributed by atoms with Gasteiger partial charge in [-0.25, -0.2) is 9.97 Å². The summed E-state index contributed by atoms with van der Waals surface area (Å²) in [6, 6.07) is 10.8. The zero-order valence-corrected chi connectivity index (χ0v) is 21.8. The predicted octanol–water partition coefficient (Wildman–Crippen LogP) is 3.92. The summed E-state index contributed by atoms with van der Waals surface area (Å²) in [5, 5.41) is 3.40. The number of aryl methyl sites for hydroxylation is 2. The average molecular weight is 490 g/mol. The van der Waals surface area contributed by atoms with Crippen molar-refractivity contribution in [3.05, 3.63) is 59.2 Å². The van der Waals surface area contributed by atoms with Crippen molar-refractivity contribution in [2.75, 3.05) is 26.2 Å². The van der Waals surface area contributed by atoms with E-state index < -0.39 is 0 Å². The summed E-state index contributed by atoms with van der Waals surface area (Å²) in [5.41, 5.74) is 3.35. The lowest BCUT2D eigenvalue weighted by atomic mass is 9.97. The van der Waals surface area contributed by atoms with E-state index in [1.165, 1.54) is 11.9 Å². The first-order valence-corrected chi connectivity index (χ1v) is 13.6. The average Bonchev–Trinajstić information content (AvgIpc) is 3.61. The van der Waals surface area contributed by atoms with Crippen LogP contribution >= 0.6 is 0 Å². The van der Waals surface area contributed by atoms with Crippen LogP contribution < -0.4 is 5.32 Å². The van der Waals surface area contributed by atoms with Crippen LogP contribution in [0.15, 0.2) is 36.7 Å². The van der Waals surface area contributed by atoms with Crippen LogP contribution in [-0.4, -0.2) is 63.8 Å². The number of aromatic nitrogens is 2. The molecule has 5 rings (SSSR count). The zero-order valence-electron chi connectivity index (χ0n) is 21.8. The Bertz CT molecular complexity index is 1050. The summed E-state index contributed by atoms with van der Waals surface area (Å²) in [4.78, 5) is 39.3. The van der Waals surface area contributed by atoms with Crippen LogP contribution in [0.3, 0.4) is 0 Å². The smallest absolute Gasteiger partial charge is 0.257 e. The Balaban J connectivity index is 1.20. The van der Waals surface area contributed by atoms with Gasteiger partial charge < -0.3 is 10.2 Å². The number of amides is 2. The maximum Gasteiger partial charge on any atom is 0.257 e. The van der Waals surface area contributed by atoms with E-state index >= 15 is 0 Å². The van der Waals surface area contributed by atoms with E-state index in [9.17, 15) is 9.59 Å². The van der Waals surface area contributed by atoms with E-state index in [1.807, 2.05) is 24.8 Å². The quantitative estimate of drug-likeness (QED) is 0.638. The van der Waals surface area contributed by atoms with E-state index in [-0.39, 0.29) is 23.8 Å². The topological polar surface area (TPSA) is 78.4 Å². The number of hydrogen-bond acceptors (Lipinski definition) is 5. The van der Waals surface area contributed by atoms with Gasteiger partial charge in [0.15, 0.2) is 0 Å². The van der Waals surface area contributed by atoms with Gasteiger partial charge in [-0.3, -0.25) is 14.5 Å². The molecule has 192 valence electrons. The normalized spacial score (nSPS) is 24.0. The summed E-state index contributed by atoms with van der Waals surface area (Å²) >= 11 is 0. The summed E-state index contributed by atoms with van der Waals surface area (Å²) < 4.78 is 0. The Labute approximate surface area is 214 Å². The summed E-state index contributed by atoms with van der Waals surface area (Å²) in [7, 11) is 0. The molecule has 1 aliphatic carbocycles. The second-order valence-corrected chi connectivity index (χ2v) is 11.1. The van der Waals surface area contributed by atoms with Gasteiger partial charge in [-0.2, -0.15) is 0 Å². The van der Waals surface area contributed by atoms with Gasteiger partial charge in [0, 0.05) is 38.1 Å². The molecule has 36 heavy (non-hydrogen) atoms. The number of fused-ring (bicyclic) bond motifs is 1. The van der Waals surface area contributed by atoms with Crippen LogP contribution in [-0.2, 0) is 4.79 Å². The van der Waals surface area contributed by atoms with Crippen molar-refractivity contribution in [3.8, 4) is 0 Å². The molecule has 7 nitrogen and oxygen atoms in total. The molecule has 3 fully saturated rings. The minimum Gasteiger partial charge on any atom is -0.349 e. The van der Waals surface area contributed by atoms with Gasteiger partial charge in [0.05, 0.1) is 23.0 Å². The van der Waals surface area contributed by atoms with E-state index in [0.717, 1.165) is 69.7 Å². The number of carbonyl (C=O) groups is 2. The van der Waals surface area contributed by atoms with Crippen molar-refractivity contribution in [1.82, 2.24) is 25.1 Å². The first-order chi connectivity index (χ1) is 17.4. The van der Waals surface area contributed by atoms with Gasteiger partial charge >= 0.3 is 0 Å². The number of nitrogens with one attached hydrogen (secondary N) is 1. The molecule has 4 atom stereocenters. The van der Waals surface area contributed by atoms with Gasteiger partial charge in [-0.15, -0.1) is 0 Å². The predicted molar refractivity (Wildman–Crippen MR) is 139 cm³/mol. The van der Waals surface area contributed by atoms with E-state index in [0.29, 0.717) is 23.4 Å². The molecule has 3 aliphatic rings. The summed E-state index contributed by atoms with van der Waals surface area (Å²) in [6.07, 6.45) is 6.78. The lowest BCUT2D eigenvalue weighted by molar-refractivity contribution is -0.125. The highest BCUT2D eigenvalue weighted by atomic mass is 16.2. The van der Waals surface area contributed by atoms with Crippen LogP contribution in [0.25, 0.3) is 0 Å². The second-order valence-electron chi connectivity index (χ2n) is 11.1. The SMILES string of the molecule is Cc1ncnc(C)c1C(=O)N1CC2CN([C@@H](C)CC(NC(=O)C3CCCC3)c3ccccc3)CC2C1. The van der Waals surface area contributed by atoms with Crippen molar-refractivity contribution in [3.63, 3.8) is 0 Å². The first kappa shape index (κ1) is 24.9. The molecule has 7 heteroatoms. The molecule has 1 saturated carbocycles. The summed E-state index contributed by atoms with van der Waals surface area (Å²) in [5.74, 6) is 1.44. The fraction of sp³-hybridized carbons (Fsp3) is 0.586. The lowest BCUT2D eigenvalue weighted by Gasteiger charge is -2.31. The maximum absolute atomic E-state index is 13.2. The molecule has 2 aromatic rings. The Morgan fingerprint density at radius 3 is 2.19 bits per heavy atom. The van der Waals surface area contributed by atoms with Crippen molar-refractivity contribution in [2.24, 2.45) is 17.8 Å². The zero-order chi connectivity index (χ0) is 25.2. The van der Waals surface area contributed by atoms with Crippen LogP contribution in [0.2, 0.25) is 0 Å². The summed E-state index contributed by atoms with van der Waals surface area (Å²) in [6.45, 7) is 9.64. The molecule has 2 aliphatic heterocycles. The molecule has 3 unspecified atom stereocenters. The van der Waals surface area contributed by atoms with E-state index in [2.05, 4.69) is 51.4 Å². The molecule has 0 spiro atoms. The van der Waals surface area contributed by atoms with Gasteiger partial charge in [0.2, 0.25) is 5.91 Å². The molecule has 1 aromatic heterocycles. The molecular weight excluding hydrogens is 450 g/mol. The second kappa shape index (κ2) is 10.7. The third-order valence-electron chi connectivity index (χ3n) is 8.69. The molecular formula is C29H39N5O2. The molecule has 2 amide bonds. The molecule has 0 bridgehead atoms. The third-order valence-corrected chi connectivity index (χ3v) is 8.69. The van der Waals surface area contributed by atoms with Crippen molar-refractivity contribution in [2.45, 2.75) is 65.0 Å². The van der Waals surface area contributed by atoms with Crippen LogP contribution in [0.5, 0.6) is 0 Å². The number of nitrogens with zero attached hydrogens (tertiary/aromatic N) is 4. The van der Waals surface area contributed by atoms with Crippen molar-refractivity contribution < 1.29 is 9.59 Å². The fourth-order valence-corrected chi connectivity index (χ4v) is 6.55. The van der Waals surface area contributed by atoms with Gasteiger partial charge in [0.25, 0.3) is 5.91 Å². The number of hydrogen-bond donors (Lipinski definition) is 1. The molecule has 2 saturated heterocycles. The Hall–Kier alpha value is -2.80. The highest BCUT2D eigenvalue weighted by molar-refractivity contribution is 5.96. The minimum atomic E-state index is 0.0249. The minimum absolute atomic E-state index is 0.0249. The van der Waals surface area contributed by atoms with Crippen molar-refractivity contribution >= 4 is 11.8 Å². The fourth-order valence-electron chi connectivity index (χ4n) is 6.55. The lowest BCUT2D eigenvalue weighted by Crippen LogP contribution is -2.40.